The standard InChI is InChI=1S/C10H22B/c1-7-9(4)11-10(5,6)8(2)3/h8-9H,7H2,1-6H3. The third-order valence-corrected chi connectivity index (χ3v) is 2.85. The lowest BCUT2D eigenvalue weighted by molar-refractivity contribution is 0.468. The zero-order chi connectivity index (χ0) is 9.07. The summed E-state index contributed by atoms with van der Waals surface area (Å²) in [4.78, 5) is 0. The Morgan fingerprint density at radius 1 is 1.18 bits per heavy atom. The van der Waals surface area contributed by atoms with Crippen molar-refractivity contribution in [1.82, 2.24) is 0 Å². The molecule has 0 aliphatic rings. The van der Waals surface area contributed by atoms with E-state index in [1.807, 2.05) is 0 Å². The van der Waals surface area contributed by atoms with Gasteiger partial charge in [0.1, 0.15) is 7.28 Å². The maximum Gasteiger partial charge on any atom is 0.121 e. The van der Waals surface area contributed by atoms with Crippen LogP contribution in [0.15, 0.2) is 0 Å². The molecule has 1 heteroatoms. The van der Waals surface area contributed by atoms with E-state index in [-0.39, 0.29) is 0 Å². The van der Waals surface area contributed by atoms with E-state index in [0.29, 0.717) is 5.31 Å². The van der Waals surface area contributed by atoms with E-state index in [4.69, 9.17) is 0 Å². The smallest absolute Gasteiger partial charge is 0.0713 e. The highest BCUT2D eigenvalue weighted by Gasteiger charge is 2.24. The first-order valence-electron chi connectivity index (χ1n) is 4.76. The van der Waals surface area contributed by atoms with Crippen molar-refractivity contribution >= 4 is 7.28 Å². The lowest BCUT2D eigenvalue weighted by atomic mass is 9.43. The first kappa shape index (κ1) is 11.1. The fraction of sp³-hybridized carbons (Fsp3) is 1.00. The summed E-state index contributed by atoms with van der Waals surface area (Å²) in [7, 11) is 2.48. The molecule has 0 aliphatic heterocycles. The quantitative estimate of drug-likeness (QED) is 0.539. The first-order chi connectivity index (χ1) is 4.90. The minimum atomic E-state index is 0.398. The molecule has 0 spiro atoms. The molecular formula is C10H22B. The molecule has 65 valence electrons. The zero-order valence-electron chi connectivity index (χ0n) is 8.94. The van der Waals surface area contributed by atoms with Gasteiger partial charge in [0.15, 0.2) is 0 Å². The van der Waals surface area contributed by atoms with Gasteiger partial charge in [0, 0.05) is 0 Å². The molecule has 0 amide bonds. The van der Waals surface area contributed by atoms with Crippen molar-refractivity contribution in [1.29, 1.82) is 0 Å². The molecule has 0 aliphatic carbocycles. The molecule has 1 atom stereocenters. The molecule has 0 heterocycles. The number of hydrogen-bond acceptors (Lipinski definition) is 0. The third-order valence-electron chi connectivity index (χ3n) is 2.85. The van der Waals surface area contributed by atoms with E-state index in [1.54, 1.807) is 0 Å². The van der Waals surface area contributed by atoms with Crippen molar-refractivity contribution in [2.45, 2.75) is 59.1 Å². The number of hydrogen-bond donors (Lipinski definition) is 0. The van der Waals surface area contributed by atoms with Crippen LogP contribution in [-0.4, -0.2) is 7.28 Å². The van der Waals surface area contributed by atoms with E-state index >= 15 is 0 Å². The molecule has 0 nitrogen and oxygen atoms in total. The van der Waals surface area contributed by atoms with Gasteiger partial charge in [0.05, 0.1) is 0 Å². The zero-order valence-corrected chi connectivity index (χ0v) is 8.94. The fourth-order valence-corrected chi connectivity index (χ4v) is 1.04. The van der Waals surface area contributed by atoms with Crippen LogP contribution in [0.2, 0.25) is 11.1 Å². The van der Waals surface area contributed by atoms with Gasteiger partial charge in [-0.3, -0.25) is 0 Å². The average molecular weight is 153 g/mol. The lowest BCUT2D eigenvalue weighted by Crippen LogP contribution is -2.22. The van der Waals surface area contributed by atoms with E-state index in [0.717, 1.165) is 11.7 Å². The number of rotatable bonds is 4. The molecule has 0 aromatic rings. The van der Waals surface area contributed by atoms with Gasteiger partial charge in [0.2, 0.25) is 0 Å². The van der Waals surface area contributed by atoms with Crippen molar-refractivity contribution in [3.05, 3.63) is 0 Å². The van der Waals surface area contributed by atoms with Crippen molar-refractivity contribution in [3.63, 3.8) is 0 Å². The van der Waals surface area contributed by atoms with E-state index in [1.165, 1.54) is 6.42 Å². The second kappa shape index (κ2) is 4.18. The van der Waals surface area contributed by atoms with Crippen LogP contribution in [0.4, 0.5) is 0 Å². The van der Waals surface area contributed by atoms with Crippen LogP contribution in [0, 0.1) is 5.92 Å². The predicted molar refractivity (Wildman–Crippen MR) is 54.3 cm³/mol. The van der Waals surface area contributed by atoms with Gasteiger partial charge < -0.3 is 0 Å². The molecule has 0 saturated heterocycles. The summed E-state index contributed by atoms with van der Waals surface area (Å²) in [5, 5.41) is 0.398. The monoisotopic (exact) mass is 153 g/mol. The van der Waals surface area contributed by atoms with Crippen molar-refractivity contribution in [3.8, 4) is 0 Å². The van der Waals surface area contributed by atoms with Gasteiger partial charge in [-0.25, -0.2) is 0 Å². The molecular weight excluding hydrogens is 131 g/mol. The third kappa shape index (κ3) is 3.84. The minimum Gasteiger partial charge on any atom is -0.0713 e. The predicted octanol–water partition coefficient (Wildman–Crippen LogP) is 3.76. The Morgan fingerprint density at radius 2 is 1.64 bits per heavy atom. The molecule has 0 saturated carbocycles. The molecule has 0 N–H and O–H groups in total. The Hall–Kier alpha value is 0.0649. The van der Waals surface area contributed by atoms with Crippen molar-refractivity contribution in [2.24, 2.45) is 5.92 Å². The second-order valence-corrected chi connectivity index (χ2v) is 4.53. The Morgan fingerprint density at radius 3 is 1.91 bits per heavy atom. The Balaban J connectivity index is 3.90. The van der Waals surface area contributed by atoms with Gasteiger partial charge in [0.25, 0.3) is 0 Å². The van der Waals surface area contributed by atoms with E-state index < -0.39 is 0 Å². The van der Waals surface area contributed by atoms with E-state index in [2.05, 4.69) is 48.8 Å². The molecule has 11 heavy (non-hydrogen) atoms. The largest absolute Gasteiger partial charge is 0.121 e. The summed E-state index contributed by atoms with van der Waals surface area (Å²) in [5.41, 5.74) is 0. The summed E-state index contributed by atoms with van der Waals surface area (Å²) in [6.07, 6.45) is 1.26. The first-order valence-corrected chi connectivity index (χ1v) is 4.76. The Labute approximate surface area is 73.0 Å². The van der Waals surface area contributed by atoms with Gasteiger partial charge in [-0.1, -0.05) is 59.1 Å². The highest BCUT2D eigenvalue weighted by molar-refractivity contribution is 6.41. The maximum absolute atomic E-state index is 2.48. The molecule has 1 radical (unpaired) electrons. The summed E-state index contributed by atoms with van der Waals surface area (Å²) >= 11 is 0. The van der Waals surface area contributed by atoms with Crippen LogP contribution < -0.4 is 0 Å². The van der Waals surface area contributed by atoms with Crippen molar-refractivity contribution in [2.75, 3.05) is 0 Å². The van der Waals surface area contributed by atoms with Gasteiger partial charge in [-0.15, -0.1) is 0 Å². The Kier molecular flexibility index (Phi) is 4.21. The molecule has 0 bridgehead atoms. The Bertz CT molecular complexity index is 105. The van der Waals surface area contributed by atoms with Crippen LogP contribution in [-0.2, 0) is 0 Å². The van der Waals surface area contributed by atoms with Crippen LogP contribution in [0.5, 0.6) is 0 Å². The molecule has 0 aromatic heterocycles. The van der Waals surface area contributed by atoms with E-state index in [9.17, 15) is 0 Å². The van der Waals surface area contributed by atoms with Gasteiger partial charge in [-0.2, -0.15) is 0 Å². The molecule has 0 rings (SSSR count). The van der Waals surface area contributed by atoms with Gasteiger partial charge in [-0.05, 0) is 5.92 Å². The van der Waals surface area contributed by atoms with Gasteiger partial charge >= 0.3 is 0 Å². The lowest BCUT2D eigenvalue weighted by Gasteiger charge is -2.30. The topological polar surface area (TPSA) is 0 Å². The second-order valence-electron chi connectivity index (χ2n) is 4.53. The van der Waals surface area contributed by atoms with Crippen LogP contribution in [0.25, 0.3) is 0 Å². The van der Waals surface area contributed by atoms with Crippen LogP contribution >= 0.6 is 0 Å². The highest BCUT2D eigenvalue weighted by atomic mass is 14.2. The van der Waals surface area contributed by atoms with Crippen LogP contribution in [0.3, 0.4) is 0 Å². The summed E-state index contributed by atoms with van der Waals surface area (Å²) in [6.45, 7) is 13.8. The van der Waals surface area contributed by atoms with Crippen LogP contribution in [0.1, 0.15) is 48.0 Å². The normalized spacial score (nSPS) is 15.2. The highest BCUT2D eigenvalue weighted by Crippen LogP contribution is 2.36. The van der Waals surface area contributed by atoms with Crippen molar-refractivity contribution < 1.29 is 0 Å². The fourth-order valence-electron chi connectivity index (χ4n) is 1.04. The molecule has 0 fully saturated rings. The maximum atomic E-state index is 2.48. The average Bonchev–Trinajstić information content (AvgIpc) is 1.86. The summed E-state index contributed by atoms with van der Waals surface area (Å²) < 4.78 is 0. The summed E-state index contributed by atoms with van der Waals surface area (Å²) in [6, 6.07) is 0. The molecule has 0 aromatic carbocycles. The summed E-state index contributed by atoms with van der Waals surface area (Å²) in [5.74, 6) is 1.50. The SMILES string of the molecule is CCC(C)[B]C(C)(C)C(C)C. The molecule has 1 unspecified atom stereocenters. The minimum absolute atomic E-state index is 0.398.